The lowest BCUT2D eigenvalue weighted by Gasteiger charge is -2.27. The summed E-state index contributed by atoms with van der Waals surface area (Å²) >= 11 is 0. The van der Waals surface area contributed by atoms with Crippen LogP contribution in [0.5, 0.6) is 0 Å². The van der Waals surface area contributed by atoms with Crippen molar-refractivity contribution in [2.45, 2.75) is 45.2 Å². The fourth-order valence-corrected chi connectivity index (χ4v) is 4.31. The molecule has 1 heterocycles. The molecule has 1 amide bonds. The lowest BCUT2D eigenvalue weighted by atomic mass is 9.81. The van der Waals surface area contributed by atoms with E-state index in [1.165, 1.54) is 12.1 Å². The van der Waals surface area contributed by atoms with Crippen LogP contribution in [0.15, 0.2) is 24.3 Å². The average Bonchev–Trinajstić information content (AvgIpc) is 3.12. The molecule has 1 aliphatic heterocycles. The molecule has 1 aromatic carbocycles. The third-order valence-electron chi connectivity index (χ3n) is 5.98. The normalized spacial score (nSPS) is 27.3. The van der Waals surface area contributed by atoms with E-state index in [0.29, 0.717) is 19.5 Å². The van der Waals surface area contributed by atoms with E-state index >= 15 is 0 Å². The molecule has 1 saturated carbocycles. The molecule has 2 fully saturated rings. The van der Waals surface area contributed by atoms with Crippen LogP contribution in [0.25, 0.3) is 0 Å². The Morgan fingerprint density at radius 3 is 2.54 bits per heavy atom. The second-order valence-electron chi connectivity index (χ2n) is 7.44. The van der Waals surface area contributed by atoms with Crippen molar-refractivity contribution in [2.75, 3.05) is 13.1 Å². The van der Waals surface area contributed by atoms with E-state index in [-0.39, 0.29) is 42.1 Å². The average molecular weight is 385 g/mol. The summed E-state index contributed by atoms with van der Waals surface area (Å²) < 4.78 is 13.0. The molecular formula is C19H26ClFN2O3. The number of carbonyl (C=O) groups is 2. The first-order chi connectivity index (χ1) is 11.8. The van der Waals surface area contributed by atoms with Crippen LogP contribution in [0.3, 0.4) is 0 Å². The number of halogens is 2. The topological polar surface area (TPSA) is 69.6 Å². The Morgan fingerprint density at radius 2 is 1.96 bits per heavy atom. The predicted octanol–water partition coefficient (Wildman–Crippen LogP) is 3.00. The molecule has 2 N–H and O–H groups in total. The molecule has 0 bridgehead atoms. The van der Waals surface area contributed by atoms with Crippen LogP contribution in [-0.4, -0.2) is 41.0 Å². The first-order valence-electron chi connectivity index (χ1n) is 8.87. The molecule has 2 unspecified atom stereocenters. The number of nitrogens with one attached hydrogen (secondary N) is 1. The number of rotatable bonds is 5. The number of carboxylic acid groups (broad SMARTS) is 1. The van der Waals surface area contributed by atoms with Crippen LogP contribution in [0.4, 0.5) is 4.39 Å². The molecule has 0 aromatic heterocycles. The molecular weight excluding hydrogens is 359 g/mol. The van der Waals surface area contributed by atoms with Gasteiger partial charge in [-0.15, -0.1) is 12.4 Å². The number of hydrogen-bond acceptors (Lipinski definition) is 3. The molecule has 0 spiro atoms. The van der Waals surface area contributed by atoms with E-state index in [1.807, 2.05) is 18.7 Å². The third-order valence-corrected chi connectivity index (χ3v) is 5.98. The van der Waals surface area contributed by atoms with Gasteiger partial charge in [0.1, 0.15) is 5.82 Å². The molecule has 1 aromatic rings. The molecule has 5 nitrogen and oxygen atoms in total. The SMILES string of the molecule is CC(NC(=O)C(C)N1C[C@@H]2CCC[C@@]2(C(=O)O)C1)c1ccc(F)cc1.Cl. The number of benzene rings is 1. The Balaban J connectivity index is 0.00000243. The smallest absolute Gasteiger partial charge is 0.311 e. The number of hydrogen-bond donors (Lipinski definition) is 2. The highest BCUT2D eigenvalue weighted by Crippen LogP contribution is 2.49. The molecule has 4 atom stereocenters. The lowest BCUT2D eigenvalue weighted by Crippen LogP contribution is -2.46. The largest absolute Gasteiger partial charge is 0.481 e. The van der Waals surface area contributed by atoms with Gasteiger partial charge in [-0.2, -0.15) is 0 Å². The van der Waals surface area contributed by atoms with Crippen molar-refractivity contribution >= 4 is 24.3 Å². The summed E-state index contributed by atoms with van der Waals surface area (Å²) in [4.78, 5) is 26.4. The van der Waals surface area contributed by atoms with Crippen LogP contribution in [0, 0.1) is 17.2 Å². The molecule has 0 radical (unpaired) electrons. The van der Waals surface area contributed by atoms with Crippen molar-refractivity contribution < 1.29 is 19.1 Å². The van der Waals surface area contributed by atoms with Crippen molar-refractivity contribution in [3.8, 4) is 0 Å². The number of amides is 1. The summed E-state index contributed by atoms with van der Waals surface area (Å²) in [5.74, 6) is -1.03. The summed E-state index contributed by atoms with van der Waals surface area (Å²) in [5.41, 5.74) is 0.152. The van der Waals surface area contributed by atoms with E-state index in [1.54, 1.807) is 12.1 Å². The quantitative estimate of drug-likeness (QED) is 0.818. The first-order valence-corrected chi connectivity index (χ1v) is 8.87. The minimum atomic E-state index is -0.732. The van der Waals surface area contributed by atoms with Crippen molar-refractivity contribution in [3.05, 3.63) is 35.6 Å². The number of carboxylic acids is 1. The van der Waals surface area contributed by atoms with Crippen LogP contribution in [0.1, 0.15) is 44.7 Å². The van der Waals surface area contributed by atoms with Gasteiger partial charge in [-0.3, -0.25) is 14.5 Å². The van der Waals surface area contributed by atoms with Gasteiger partial charge in [-0.25, -0.2) is 4.39 Å². The summed E-state index contributed by atoms with van der Waals surface area (Å²) in [6, 6.07) is 5.45. The van der Waals surface area contributed by atoms with Crippen molar-refractivity contribution in [3.63, 3.8) is 0 Å². The number of aliphatic carboxylic acids is 1. The summed E-state index contributed by atoms with van der Waals surface area (Å²) in [7, 11) is 0. The Bertz CT molecular complexity index is 669. The number of likely N-dealkylation sites (tertiary alicyclic amines) is 1. The molecule has 7 heteroatoms. The summed E-state index contributed by atoms with van der Waals surface area (Å²) in [5, 5.41) is 12.6. The van der Waals surface area contributed by atoms with Crippen LogP contribution in [-0.2, 0) is 9.59 Å². The number of carbonyl (C=O) groups excluding carboxylic acids is 1. The Kier molecular flexibility index (Phi) is 6.29. The third kappa shape index (κ3) is 3.71. The van der Waals surface area contributed by atoms with E-state index in [0.717, 1.165) is 18.4 Å². The maximum Gasteiger partial charge on any atom is 0.311 e. The monoisotopic (exact) mass is 384 g/mol. The highest BCUT2D eigenvalue weighted by Gasteiger charge is 2.55. The highest BCUT2D eigenvalue weighted by molar-refractivity contribution is 5.85. The second-order valence-corrected chi connectivity index (χ2v) is 7.44. The van der Waals surface area contributed by atoms with E-state index in [4.69, 9.17) is 0 Å². The van der Waals surface area contributed by atoms with Gasteiger partial charge < -0.3 is 10.4 Å². The minimum Gasteiger partial charge on any atom is -0.481 e. The molecule has 2 aliphatic rings. The van der Waals surface area contributed by atoms with Crippen molar-refractivity contribution in [1.82, 2.24) is 10.2 Å². The zero-order valence-electron chi connectivity index (χ0n) is 15.1. The van der Waals surface area contributed by atoms with Gasteiger partial charge in [0.05, 0.1) is 17.5 Å². The maximum atomic E-state index is 13.0. The summed E-state index contributed by atoms with van der Waals surface area (Å²) in [6.07, 6.45) is 2.57. The van der Waals surface area contributed by atoms with Gasteiger partial charge in [0.2, 0.25) is 5.91 Å². The molecule has 1 saturated heterocycles. The van der Waals surface area contributed by atoms with Gasteiger partial charge in [-0.05, 0) is 50.3 Å². The highest BCUT2D eigenvalue weighted by atomic mass is 35.5. The van der Waals surface area contributed by atoms with Gasteiger partial charge in [-0.1, -0.05) is 18.6 Å². The minimum absolute atomic E-state index is 0. The van der Waals surface area contributed by atoms with Gasteiger partial charge in [0.15, 0.2) is 0 Å². The molecule has 26 heavy (non-hydrogen) atoms. The fourth-order valence-electron chi connectivity index (χ4n) is 4.31. The molecule has 1 aliphatic carbocycles. The lowest BCUT2D eigenvalue weighted by molar-refractivity contribution is -0.149. The van der Waals surface area contributed by atoms with Crippen LogP contribution in [0.2, 0.25) is 0 Å². The number of nitrogens with zero attached hydrogens (tertiary/aromatic N) is 1. The predicted molar refractivity (Wildman–Crippen MR) is 98.7 cm³/mol. The van der Waals surface area contributed by atoms with Gasteiger partial charge >= 0.3 is 5.97 Å². The van der Waals surface area contributed by atoms with Crippen molar-refractivity contribution in [1.29, 1.82) is 0 Å². The second kappa shape index (κ2) is 7.92. The van der Waals surface area contributed by atoms with Crippen molar-refractivity contribution in [2.24, 2.45) is 11.3 Å². The van der Waals surface area contributed by atoms with Gasteiger partial charge in [0.25, 0.3) is 0 Å². The molecule has 144 valence electrons. The summed E-state index contributed by atoms with van der Waals surface area (Å²) in [6.45, 7) is 4.77. The van der Waals surface area contributed by atoms with E-state index in [2.05, 4.69) is 5.32 Å². The Morgan fingerprint density at radius 1 is 1.31 bits per heavy atom. The zero-order chi connectivity index (χ0) is 18.2. The Labute approximate surface area is 159 Å². The van der Waals surface area contributed by atoms with Crippen LogP contribution >= 0.6 is 12.4 Å². The maximum absolute atomic E-state index is 13.0. The fraction of sp³-hybridized carbons (Fsp3) is 0.579. The molecule has 3 rings (SSSR count). The number of fused-ring (bicyclic) bond motifs is 1. The van der Waals surface area contributed by atoms with Gasteiger partial charge in [0, 0.05) is 13.1 Å². The first kappa shape index (κ1) is 20.6. The van der Waals surface area contributed by atoms with Crippen LogP contribution < -0.4 is 5.32 Å². The Hall–Kier alpha value is -1.66. The van der Waals surface area contributed by atoms with E-state index < -0.39 is 11.4 Å². The standard InChI is InChI=1S/C19H25FN2O3.ClH/c1-12(14-5-7-16(20)8-6-14)21-17(23)13(2)22-10-15-4-3-9-19(15,11-22)18(24)25;/h5-8,12-13,15H,3-4,9-11H2,1-2H3,(H,21,23)(H,24,25);1H/t12?,13?,15-,19+;/m0./s1. The van der Waals surface area contributed by atoms with E-state index in [9.17, 15) is 19.1 Å². The zero-order valence-corrected chi connectivity index (χ0v) is 15.9.